The number of hydrogen-bond donors (Lipinski definition) is 3. The lowest BCUT2D eigenvalue weighted by Crippen LogP contribution is -2.60. The maximum Gasteiger partial charge on any atom is 0.408 e. The summed E-state index contributed by atoms with van der Waals surface area (Å²) in [6.07, 6.45) is 6.00. The fourth-order valence-corrected chi connectivity index (χ4v) is 7.78. The van der Waals surface area contributed by atoms with Gasteiger partial charge >= 0.3 is 6.09 Å². The molecular formula is C33H44N6O8S2. The minimum atomic E-state index is -3.89. The second-order valence-electron chi connectivity index (χ2n) is 14.9. The minimum Gasteiger partial charge on any atom is -0.487 e. The van der Waals surface area contributed by atoms with E-state index in [1.54, 1.807) is 60.0 Å². The zero-order valence-corrected chi connectivity index (χ0v) is 30.2. The molecule has 0 radical (unpaired) electrons. The highest BCUT2D eigenvalue weighted by atomic mass is 32.2. The molecule has 0 aromatic carbocycles. The summed E-state index contributed by atoms with van der Waals surface area (Å²) in [6.45, 7) is 14.2. The Morgan fingerprint density at radius 1 is 1.14 bits per heavy atom. The largest absolute Gasteiger partial charge is 0.487 e. The molecule has 2 aromatic rings. The number of nitrogens with zero attached hydrogens (tertiary/aromatic N) is 3. The molecule has 4 amide bonds. The molecule has 3 heterocycles. The van der Waals surface area contributed by atoms with E-state index in [9.17, 15) is 27.6 Å². The first-order valence-electron chi connectivity index (χ1n) is 16.1. The van der Waals surface area contributed by atoms with Crippen LogP contribution in [0.2, 0.25) is 0 Å². The van der Waals surface area contributed by atoms with Crippen molar-refractivity contribution in [2.45, 2.75) is 102 Å². The van der Waals surface area contributed by atoms with Gasteiger partial charge in [0.15, 0.2) is 0 Å². The van der Waals surface area contributed by atoms with Gasteiger partial charge < -0.3 is 25.0 Å². The van der Waals surface area contributed by atoms with Gasteiger partial charge in [-0.25, -0.2) is 18.2 Å². The molecule has 1 saturated heterocycles. The van der Waals surface area contributed by atoms with Gasteiger partial charge in [-0.1, -0.05) is 26.8 Å². The molecule has 5 rings (SSSR count). The fourth-order valence-electron chi connectivity index (χ4n) is 5.79. The van der Waals surface area contributed by atoms with Crippen molar-refractivity contribution in [3.8, 4) is 16.3 Å². The molecule has 3 aliphatic rings. The third-order valence-corrected chi connectivity index (χ3v) is 11.2. The van der Waals surface area contributed by atoms with Gasteiger partial charge in [-0.05, 0) is 51.5 Å². The minimum absolute atomic E-state index is 0.0267. The molecular weight excluding hydrogens is 673 g/mol. The number of rotatable bonds is 11. The molecule has 16 heteroatoms. The number of sulfonamides is 1. The van der Waals surface area contributed by atoms with E-state index < -0.39 is 79.7 Å². The van der Waals surface area contributed by atoms with Crippen LogP contribution < -0.4 is 20.1 Å². The van der Waals surface area contributed by atoms with E-state index >= 15 is 0 Å². The van der Waals surface area contributed by atoms with Gasteiger partial charge in [-0.15, -0.1) is 17.9 Å². The summed E-state index contributed by atoms with van der Waals surface area (Å²) in [6, 6.07) is -0.464. The second-order valence-corrected chi connectivity index (χ2v) is 17.7. The van der Waals surface area contributed by atoms with Gasteiger partial charge in [-0.2, -0.15) is 0 Å². The Kier molecular flexibility index (Phi) is 9.87. The fraction of sp³-hybridized carbons (Fsp3) is 0.576. The number of amides is 4. The Labute approximate surface area is 290 Å². The van der Waals surface area contributed by atoms with Crippen LogP contribution in [0.15, 0.2) is 42.7 Å². The first-order valence-corrected chi connectivity index (χ1v) is 18.6. The van der Waals surface area contributed by atoms with Crippen molar-refractivity contribution in [2.75, 3.05) is 6.54 Å². The van der Waals surface area contributed by atoms with Crippen molar-refractivity contribution in [3.63, 3.8) is 0 Å². The third-order valence-electron chi connectivity index (χ3n) is 8.57. The molecule has 2 saturated carbocycles. The average molecular weight is 717 g/mol. The van der Waals surface area contributed by atoms with Crippen LogP contribution in [0.5, 0.6) is 5.75 Å². The summed E-state index contributed by atoms with van der Waals surface area (Å²) in [5, 5.41) is 7.41. The van der Waals surface area contributed by atoms with E-state index in [4.69, 9.17) is 9.47 Å². The maximum atomic E-state index is 14.3. The molecule has 2 aliphatic carbocycles. The molecule has 49 heavy (non-hydrogen) atoms. The normalized spacial score (nSPS) is 24.4. The predicted octanol–water partition coefficient (Wildman–Crippen LogP) is 3.16. The SMILES string of the molecule is C=C[C@@H]1C[C@]1(NC(=O)[C@@H]1C[C@@H](Oc2cncc(-c3nccs3)c2)CN1C(=O)[C@@H](NC(=O)OC(C)(C)C)C(C)(C)C)C(=O)NS(=O)(=O)C1CC1. The number of carbonyl (C=O) groups is 4. The van der Waals surface area contributed by atoms with Gasteiger partial charge in [0, 0.05) is 35.7 Å². The summed E-state index contributed by atoms with van der Waals surface area (Å²) >= 11 is 1.44. The van der Waals surface area contributed by atoms with Crippen LogP contribution >= 0.6 is 11.3 Å². The van der Waals surface area contributed by atoms with Gasteiger partial charge in [0.1, 0.15) is 40.1 Å². The maximum absolute atomic E-state index is 14.3. The van der Waals surface area contributed by atoms with E-state index in [2.05, 4.69) is 31.9 Å². The second kappa shape index (κ2) is 13.3. The van der Waals surface area contributed by atoms with Crippen molar-refractivity contribution < 1.29 is 37.1 Å². The Bertz CT molecular complexity index is 1710. The molecule has 2 aromatic heterocycles. The van der Waals surface area contributed by atoms with Crippen LogP contribution in [-0.4, -0.2) is 88.2 Å². The van der Waals surface area contributed by atoms with Crippen LogP contribution in [-0.2, 0) is 29.1 Å². The Balaban J connectivity index is 1.41. The number of alkyl carbamates (subject to hydrolysis) is 1. The van der Waals surface area contributed by atoms with E-state index in [0.29, 0.717) is 18.6 Å². The molecule has 266 valence electrons. The number of carbonyl (C=O) groups excluding carboxylic acids is 4. The van der Waals surface area contributed by atoms with Crippen molar-refractivity contribution in [1.29, 1.82) is 0 Å². The molecule has 3 fully saturated rings. The van der Waals surface area contributed by atoms with Gasteiger partial charge in [-0.3, -0.25) is 24.1 Å². The molecule has 1 aliphatic heterocycles. The predicted molar refractivity (Wildman–Crippen MR) is 182 cm³/mol. The van der Waals surface area contributed by atoms with E-state index in [-0.39, 0.29) is 19.4 Å². The molecule has 14 nitrogen and oxygen atoms in total. The number of ether oxygens (including phenoxy) is 2. The number of likely N-dealkylation sites (tertiary alicyclic amines) is 1. The lowest BCUT2D eigenvalue weighted by atomic mass is 9.85. The van der Waals surface area contributed by atoms with Crippen molar-refractivity contribution >= 4 is 45.2 Å². The van der Waals surface area contributed by atoms with Crippen molar-refractivity contribution in [3.05, 3.63) is 42.7 Å². The summed E-state index contributed by atoms with van der Waals surface area (Å²) in [7, 11) is -3.89. The van der Waals surface area contributed by atoms with Crippen LogP contribution in [0, 0.1) is 11.3 Å². The Morgan fingerprint density at radius 2 is 1.86 bits per heavy atom. The molecule has 0 spiro atoms. The number of pyridine rings is 1. The highest BCUT2D eigenvalue weighted by Crippen LogP contribution is 2.45. The first kappa shape index (κ1) is 36.2. The van der Waals surface area contributed by atoms with Crippen molar-refractivity contribution in [2.24, 2.45) is 11.3 Å². The zero-order valence-electron chi connectivity index (χ0n) is 28.5. The van der Waals surface area contributed by atoms with E-state index in [0.717, 1.165) is 10.6 Å². The van der Waals surface area contributed by atoms with Gasteiger partial charge in [0.25, 0.3) is 5.91 Å². The molecule has 5 atom stereocenters. The van der Waals surface area contributed by atoms with E-state index in [1.165, 1.54) is 28.5 Å². The number of thiazole rings is 1. The third kappa shape index (κ3) is 8.40. The highest BCUT2D eigenvalue weighted by molar-refractivity contribution is 7.91. The topological polar surface area (TPSA) is 186 Å². The Morgan fingerprint density at radius 3 is 2.43 bits per heavy atom. The van der Waals surface area contributed by atoms with E-state index in [1.807, 2.05) is 5.38 Å². The molecule has 0 unspecified atom stereocenters. The zero-order chi connectivity index (χ0) is 35.9. The average Bonchev–Trinajstić information content (AvgIpc) is 3.87. The number of nitrogens with one attached hydrogen (secondary N) is 3. The quantitative estimate of drug-likeness (QED) is 0.292. The molecule has 0 bridgehead atoms. The summed E-state index contributed by atoms with van der Waals surface area (Å²) in [5.74, 6) is -2.17. The molecule has 3 N–H and O–H groups in total. The summed E-state index contributed by atoms with van der Waals surface area (Å²) in [5.41, 5.74) is -2.43. The van der Waals surface area contributed by atoms with Crippen LogP contribution in [0.1, 0.15) is 67.2 Å². The van der Waals surface area contributed by atoms with Crippen molar-refractivity contribution in [1.82, 2.24) is 30.2 Å². The van der Waals surface area contributed by atoms with Gasteiger partial charge in [0.05, 0.1) is 18.0 Å². The lowest BCUT2D eigenvalue weighted by molar-refractivity contribution is -0.143. The number of aromatic nitrogens is 2. The Hall–Kier alpha value is -4.05. The smallest absolute Gasteiger partial charge is 0.408 e. The van der Waals surface area contributed by atoms with Gasteiger partial charge in [0.2, 0.25) is 21.8 Å². The van der Waals surface area contributed by atoms with Crippen LogP contribution in [0.25, 0.3) is 10.6 Å². The summed E-state index contributed by atoms with van der Waals surface area (Å²) in [4.78, 5) is 64.7. The summed E-state index contributed by atoms with van der Waals surface area (Å²) < 4.78 is 39.1. The van der Waals surface area contributed by atoms with Crippen LogP contribution in [0.4, 0.5) is 4.79 Å². The lowest BCUT2D eigenvalue weighted by Gasteiger charge is -2.36. The van der Waals surface area contributed by atoms with Crippen LogP contribution in [0.3, 0.4) is 0 Å². The highest BCUT2D eigenvalue weighted by Gasteiger charge is 2.62. The first-order chi connectivity index (χ1) is 22.8. The number of hydrogen-bond acceptors (Lipinski definition) is 11. The monoisotopic (exact) mass is 716 g/mol. The standard InChI is InChI=1S/C33H44N6O8S2/c1-8-20-15-33(20,29(42)38-49(44,45)23-9-10-23)37-26(40)24-14-22(46-21-13-19(16-34-17-21)27-35-11-12-48-27)18-39(24)28(41)25(31(2,3)4)36-30(43)47-32(5,6)7/h8,11-13,16-17,20,22-25H,1,9-10,14-15,18H2,2-7H3,(H,36,43)(H,37,40)(H,38,42)/t20-,22-,24+,25-,33-/m1/s1.